The van der Waals surface area contributed by atoms with Crippen LogP contribution >= 0.6 is 0 Å². The van der Waals surface area contributed by atoms with E-state index in [-0.39, 0.29) is 11.6 Å². The predicted octanol–water partition coefficient (Wildman–Crippen LogP) is 9.21. The summed E-state index contributed by atoms with van der Waals surface area (Å²) in [4.78, 5) is 10.3. The zero-order valence-electron chi connectivity index (χ0n) is 24.6. The summed E-state index contributed by atoms with van der Waals surface area (Å²) < 4.78 is 2.31. The lowest BCUT2D eigenvalue weighted by molar-refractivity contribution is 0.645. The lowest BCUT2D eigenvalue weighted by Crippen LogP contribution is -2.37. The van der Waals surface area contributed by atoms with Crippen LogP contribution in [0.25, 0.3) is 43.7 Å². The zero-order valence-corrected chi connectivity index (χ0v) is 24.6. The van der Waals surface area contributed by atoms with E-state index in [9.17, 15) is 0 Å². The first-order valence-electron chi connectivity index (χ1n) is 15.2. The summed E-state index contributed by atoms with van der Waals surface area (Å²) in [5, 5.41) is 8.78. The number of rotatable bonds is 2. The molecule has 1 aliphatic heterocycles. The number of fused-ring (bicyclic) bond motifs is 6. The molecule has 2 heterocycles. The third-order valence-corrected chi connectivity index (χ3v) is 9.43. The van der Waals surface area contributed by atoms with Crippen LogP contribution in [-0.4, -0.2) is 16.4 Å². The number of amidine groups is 1. The highest BCUT2D eigenvalue weighted by Gasteiger charge is 2.35. The van der Waals surface area contributed by atoms with Crippen LogP contribution in [0.15, 0.2) is 143 Å². The molecule has 1 unspecified atom stereocenters. The molecule has 210 valence electrons. The molecule has 0 radical (unpaired) electrons. The van der Waals surface area contributed by atoms with Crippen LogP contribution < -0.4 is 5.32 Å². The molecular weight excluding hydrogens is 536 g/mol. The molecule has 1 N–H and O–H groups in total. The molecule has 4 nitrogen and oxygen atoms in total. The van der Waals surface area contributed by atoms with Gasteiger partial charge in [0.2, 0.25) is 5.96 Å². The minimum Gasteiger partial charge on any atom is -0.330 e. The molecule has 4 heteroatoms. The predicted molar refractivity (Wildman–Crippen MR) is 183 cm³/mol. The molecule has 0 amide bonds. The second kappa shape index (κ2) is 9.26. The second-order valence-corrected chi connectivity index (χ2v) is 12.3. The number of para-hydroxylation sites is 1. The average Bonchev–Trinajstić information content (AvgIpc) is 3.41. The van der Waals surface area contributed by atoms with Gasteiger partial charge in [0.15, 0.2) is 5.84 Å². The Bertz CT molecular complexity index is 2330. The van der Waals surface area contributed by atoms with Gasteiger partial charge in [0, 0.05) is 27.3 Å². The Morgan fingerprint density at radius 1 is 0.659 bits per heavy atom. The van der Waals surface area contributed by atoms with Crippen molar-refractivity contribution in [1.29, 1.82) is 0 Å². The van der Waals surface area contributed by atoms with E-state index in [0.717, 1.165) is 34.0 Å². The van der Waals surface area contributed by atoms with E-state index in [4.69, 9.17) is 9.98 Å². The summed E-state index contributed by atoms with van der Waals surface area (Å²) in [5.41, 5.74) is 9.59. The summed E-state index contributed by atoms with van der Waals surface area (Å²) in [5.74, 6) is 1.49. The maximum atomic E-state index is 5.22. The largest absolute Gasteiger partial charge is 0.330 e. The van der Waals surface area contributed by atoms with Crippen molar-refractivity contribution in [2.45, 2.75) is 25.4 Å². The summed E-state index contributed by atoms with van der Waals surface area (Å²) >= 11 is 0. The molecule has 2 aliphatic rings. The van der Waals surface area contributed by atoms with Gasteiger partial charge in [-0.05, 0) is 45.2 Å². The summed E-state index contributed by atoms with van der Waals surface area (Å²) in [6, 6.07) is 47.5. The van der Waals surface area contributed by atoms with Crippen LogP contribution in [0.4, 0.5) is 0 Å². The Morgan fingerprint density at radius 3 is 2.20 bits per heavy atom. The number of benzene rings is 6. The Morgan fingerprint density at radius 2 is 1.36 bits per heavy atom. The van der Waals surface area contributed by atoms with Gasteiger partial charge in [-0.25, -0.2) is 4.99 Å². The van der Waals surface area contributed by atoms with Crippen molar-refractivity contribution in [1.82, 2.24) is 9.88 Å². The van der Waals surface area contributed by atoms with E-state index < -0.39 is 0 Å². The van der Waals surface area contributed by atoms with Gasteiger partial charge in [0.05, 0.1) is 11.0 Å². The highest BCUT2D eigenvalue weighted by molar-refractivity contribution is 6.27. The number of aliphatic imine (C=N–C) groups is 2. The number of aromatic nitrogens is 1. The minimum absolute atomic E-state index is 0.103. The van der Waals surface area contributed by atoms with E-state index in [1.54, 1.807) is 0 Å². The summed E-state index contributed by atoms with van der Waals surface area (Å²) in [7, 11) is 0. The van der Waals surface area contributed by atoms with E-state index in [0.29, 0.717) is 0 Å². The van der Waals surface area contributed by atoms with Crippen LogP contribution in [0.1, 0.15) is 42.3 Å². The van der Waals surface area contributed by atoms with Gasteiger partial charge in [-0.3, -0.25) is 4.57 Å². The van der Waals surface area contributed by atoms with Gasteiger partial charge in [0.1, 0.15) is 6.17 Å². The highest BCUT2D eigenvalue weighted by Crippen LogP contribution is 2.52. The fourth-order valence-electron chi connectivity index (χ4n) is 7.38. The third-order valence-electron chi connectivity index (χ3n) is 9.43. The lowest BCUT2D eigenvalue weighted by atomic mass is 9.68. The van der Waals surface area contributed by atoms with Crippen LogP contribution in [-0.2, 0) is 5.41 Å². The molecule has 0 saturated heterocycles. The van der Waals surface area contributed by atoms with Crippen LogP contribution in [0.2, 0.25) is 0 Å². The van der Waals surface area contributed by atoms with E-state index >= 15 is 0 Å². The molecule has 44 heavy (non-hydrogen) atoms. The van der Waals surface area contributed by atoms with Crippen molar-refractivity contribution >= 4 is 44.4 Å². The quantitative estimate of drug-likeness (QED) is 0.223. The fraction of sp³-hybridized carbons (Fsp3) is 0.100. The van der Waals surface area contributed by atoms with Crippen molar-refractivity contribution in [3.63, 3.8) is 0 Å². The van der Waals surface area contributed by atoms with Crippen LogP contribution in [0.3, 0.4) is 0 Å². The summed E-state index contributed by atoms with van der Waals surface area (Å²) in [6.07, 6.45) is -0.276. The zero-order chi connectivity index (χ0) is 29.4. The Hall–Kier alpha value is -5.48. The monoisotopic (exact) mass is 566 g/mol. The first-order valence-corrected chi connectivity index (χ1v) is 15.2. The Labute approximate surface area is 256 Å². The van der Waals surface area contributed by atoms with Crippen LogP contribution in [0, 0.1) is 0 Å². The summed E-state index contributed by atoms with van der Waals surface area (Å²) in [6.45, 7) is 4.71. The van der Waals surface area contributed by atoms with E-state index in [1.165, 1.54) is 43.8 Å². The third kappa shape index (κ3) is 3.51. The van der Waals surface area contributed by atoms with E-state index in [2.05, 4.69) is 133 Å². The molecule has 0 bridgehead atoms. The van der Waals surface area contributed by atoms with Crippen molar-refractivity contribution < 1.29 is 0 Å². The number of hydrogen-bond acceptors (Lipinski definition) is 3. The Kier molecular flexibility index (Phi) is 5.27. The average molecular weight is 567 g/mol. The van der Waals surface area contributed by atoms with Crippen molar-refractivity contribution in [3.8, 4) is 11.1 Å². The van der Waals surface area contributed by atoms with Gasteiger partial charge in [-0.15, -0.1) is 0 Å². The molecule has 1 aliphatic carbocycles. The van der Waals surface area contributed by atoms with Crippen molar-refractivity contribution in [2.75, 3.05) is 0 Å². The van der Waals surface area contributed by atoms with Crippen molar-refractivity contribution in [2.24, 2.45) is 9.98 Å². The maximum absolute atomic E-state index is 5.22. The first kappa shape index (κ1) is 25.1. The normalized spacial score (nSPS) is 16.8. The van der Waals surface area contributed by atoms with Gasteiger partial charge >= 0.3 is 0 Å². The second-order valence-electron chi connectivity index (χ2n) is 12.3. The fourth-order valence-corrected chi connectivity index (χ4v) is 7.38. The van der Waals surface area contributed by atoms with Gasteiger partial charge < -0.3 is 5.32 Å². The number of nitrogens with one attached hydrogen (secondary N) is 1. The van der Waals surface area contributed by atoms with Crippen LogP contribution in [0.5, 0.6) is 0 Å². The molecule has 0 saturated carbocycles. The smallest absolute Gasteiger partial charge is 0.211 e. The van der Waals surface area contributed by atoms with Gasteiger partial charge in [-0.2, -0.15) is 4.99 Å². The molecule has 0 spiro atoms. The SMILES string of the molecule is CC1(C)c2ccccc2-c2c3c1cccc3cc1c2c2ccccc2n1C1=NC(c2ccccc2)=NC(c2ccccc2)N1. The molecule has 7 aromatic rings. The van der Waals surface area contributed by atoms with Gasteiger partial charge in [0.25, 0.3) is 0 Å². The molecule has 6 aromatic carbocycles. The molecule has 1 atom stereocenters. The first-order chi connectivity index (χ1) is 21.6. The lowest BCUT2D eigenvalue weighted by Gasteiger charge is -2.35. The molecular formula is C40H30N4. The topological polar surface area (TPSA) is 41.7 Å². The number of hydrogen-bond donors (Lipinski definition) is 1. The highest BCUT2D eigenvalue weighted by atomic mass is 15.3. The minimum atomic E-state index is -0.276. The standard InChI is InChI=1S/C40H30N4/c1-40(2)30-21-11-9-19-28(30)36-34-27(18-13-22-31(34)40)24-33-35(36)29-20-10-12-23-32(29)44(33)39-42-37(25-14-5-3-6-15-25)41-38(43-39)26-16-7-4-8-17-26/h3-24,37H,1-2H3,(H,41,42,43). The van der Waals surface area contributed by atoms with Crippen molar-refractivity contribution in [3.05, 3.63) is 156 Å². The molecule has 9 rings (SSSR count). The Balaban J connectivity index is 1.39. The number of nitrogens with zero attached hydrogens (tertiary/aromatic N) is 3. The maximum Gasteiger partial charge on any atom is 0.211 e. The molecule has 1 aromatic heterocycles. The molecule has 0 fully saturated rings. The van der Waals surface area contributed by atoms with Gasteiger partial charge in [-0.1, -0.05) is 135 Å². The van der Waals surface area contributed by atoms with E-state index in [1.807, 2.05) is 24.3 Å².